The Balaban J connectivity index is 1.90. The van der Waals surface area contributed by atoms with Crippen LogP contribution in [-0.2, 0) is 16.0 Å². The Hall–Kier alpha value is -1.85. The summed E-state index contributed by atoms with van der Waals surface area (Å²) in [7, 11) is 0. The van der Waals surface area contributed by atoms with Gasteiger partial charge in [-0.25, -0.2) is 0 Å². The first-order valence-electron chi connectivity index (χ1n) is 11.4. The topological polar surface area (TPSA) is 77.8 Å². The third kappa shape index (κ3) is 8.30. The van der Waals surface area contributed by atoms with E-state index in [4.69, 9.17) is 16.7 Å². The van der Waals surface area contributed by atoms with Gasteiger partial charge in [0.2, 0.25) is 5.91 Å². The van der Waals surface area contributed by atoms with Crippen LogP contribution in [0.1, 0.15) is 82.3 Å². The molecule has 0 aliphatic carbocycles. The van der Waals surface area contributed by atoms with E-state index in [-0.39, 0.29) is 18.4 Å². The third-order valence-electron chi connectivity index (χ3n) is 5.87. The van der Waals surface area contributed by atoms with Gasteiger partial charge in [-0.3, -0.25) is 9.59 Å². The number of benzene rings is 1. The lowest BCUT2D eigenvalue weighted by Crippen LogP contribution is -2.43. The normalized spacial score (nSPS) is 18.2. The van der Waals surface area contributed by atoms with E-state index < -0.39 is 12.1 Å². The number of aliphatic carboxylic acids is 1. The molecule has 31 heavy (non-hydrogen) atoms. The molecule has 0 aromatic heterocycles. The lowest BCUT2D eigenvalue weighted by molar-refractivity contribution is -0.137. The molecule has 0 radical (unpaired) electrons. The van der Waals surface area contributed by atoms with Gasteiger partial charge in [-0.05, 0) is 42.7 Å². The lowest BCUT2D eigenvalue weighted by Gasteiger charge is -2.34. The summed E-state index contributed by atoms with van der Waals surface area (Å²) < 4.78 is 0. The molecule has 2 rings (SSSR count). The highest BCUT2D eigenvalue weighted by Crippen LogP contribution is 2.28. The van der Waals surface area contributed by atoms with Crippen LogP contribution in [0.5, 0.6) is 0 Å². The number of hydrogen-bond acceptors (Lipinski definition) is 3. The number of amides is 1. The number of carboxylic acids is 1. The van der Waals surface area contributed by atoms with Crippen LogP contribution in [0, 0.1) is 0 Å². The van der Waals surface area contributed by atoms with Crippen molar-refractivity contribution >= 4 is 23.5 Å². The predicted octanol–water partition coefficient (Wildman–Crippen LogP) is 5.34. The van der Waals surface area contributed by atoms with Crippen molar-refractivity contribution in [1.29, 1.82) is 0 Å². The van der Waals surface area contributed by atoms with Gasteiger partial charge < -0.3 is 15.1 Å². The number of hydrogen-bond donors (Lipinski definition) is 2. The summed E-state index contributed by atoms with van der Waals surface area (Å²) in [5.41, 5.74) is 2.02. The highest BCUT2D eigenvalue weighted by molar-refractivity contribution is 6.32. The fourth-order valence-corrected chi connectivity index (χ4v) is 4.52. The Morgan fingerprint density at radius 1 is 1.26 bits per heavy atom. The van der Waals surface area contributed by atoms with E-state index in [9.17, 15) is 14.7 Å². The van der Waals surface area contributed by atoms with Crippen molar-refractivity contribution in [2.24, 2.45) is 0 Å². The fraction of sp³-hybridized carbons (Fsp3) is 0.600. The van der Waals surface area contributed by atoms with E-state index >= 15 is 0 Å². The van der Waals surface area contributed by atoms with E-state index in [1.807, 2.05) is 29.2 Å². The van der Waals surface area contributed by atoms with Crippen LogP contribution in [0.4, 0.5) is 0 Å². The minimum Gasteiger partial charge on any atom is -0.481 e. The molecule has 1 heterocycles. The second-order valence-electron chi connectivity index (χ2n) is 8.74. The van der Waals surface area contributed by atoms with Gasteiger partial charge in [-0.2, -0.15) is 0 Å². The summed E-state index contributed by atoms with van der Waals surface area (Å²) in [5.74, 6) is -0.271. The fourth-order valence-electron chi connectivity index (χ4n) is 4.10. The molecule has 0 spiro atoms. The zero-order valence-electron chi connectivity index (χ0n) is 18.7. The number of likely N-dealkylation sites (tertiary alicyclic amines) is 1. The molecule has 1 fully saturated rings. The molecule has 0 bridgehead atoms. The summed E-state index contributed by atoms with van der Waals surface area (Å²) in [5, 5.41) is 20.0. The lowest BCUT2D eigenvalue weighted by atomic mass is 9.97. The standard InChI is InChI=1S/C25H36ClNO4/c1-18(2)22-11-7-9-19(25(22)26)17-21(28)15-14-20-10-8-12-23(29)27(20)16-6-4-3-5-13-24(30)31/h7,9,11,14-15,18,20-21,28H,3-6,8,10,12-13,16-17H2,1-2H3,(H,30,31)/b15-14+/t20-,21?/m1/s1. The molecule has 6 heteroatoms. The van der Waals surface area contributed by atoms with Gasteiger partial charge >= 0.3 is 5.97 Å². The average Bonchev–Trinajstić information content (AvgIpc) is 2.71. The number of carbonyl (C=O) groups is 2. The molecule has 1 aliphatic heterocycles. The zero-order valence-corrected chi connectivity index (χ0v) is 19.5. The van der Waals surface area contributed by atoms with Gasteiger partial charge in [0.15, 0.2) is 0 Å². The number of piperidine rings is 1. The smallest absolute Gasteiger partial charge is 0.303 e. The molecule has 1 aromatic carbocycles. The Bertz CT molecular complexity index is 762. The maximum atomic E-state index is 12.4. The number of rotatable bonds is 12. The maximum Gasteiger partial charge on any atom is 0.303 e. The third-order valence-corrected chi connectivity index (χ3v) is 6.33. The summed E-state index contributed by atoms with van der Waals surface area (Å²) in [4.78, 5) is 24.9. The zero-order chi connectivity index (χ0) is 22.8. The molecule has 1 saturated heterocycles. The van der Waals surface area contributed by atoms with Crippen molar-refractivity contribution in [1.82, 2.24) is 4.90 Å². The van der Waals surface area contributed by atoms with Crippen LogP contribution < -0.4 is 0 Å². The minimum absolute atomic E-state index is 0.00684. The van der Waals surface area contributed by atoms with Crippen molar-refractivity contribution in [3.63, 3.8) is 0 Å². The van der Waals surface area contributed by atoms with Gasteiger partial charge in [-0.15, -0.1) is 0 Å². The summed E-state index contributed by atoms with van der Waals surface area (Å²) in [6.45, 7) is 4.88. The Kier molecular flexibility index (Phi) is 10.6. The van der Waals surface area contributed by atoms with E-state index in [0.29, 0.717) is 31.7 Å². The van der Waals surface area contributed by atoms with E-state index in [1.54, 1.807) is 6.08 Å². The molecular formula is C25H36ClNO4. The first kappa shape index (κ1) is 25.4. The van der Waals surface area contributed by atoms with Crippen molar-refractivity contribution < 1.29 is 19.8 Å². The molecule has 1 amide bonds. The van der Waals surface area contributed by atoms with Crippen molar-refractivity contribution in [3.05, 3.63) is 46.5 Å². The summed E-state index contributed by atoms with van der Waals surface area (Å²) >= 11 is 6.53. The number of nitrogens with zero attached hydrogens (tertiary/aromatic N) is 1. The molecule has 2 N–H and O–H groups in total. The van der Waals surface area contributed by atoms with Crippen molar-refractivity contribution in [3.8, 4) is 0 Å². The summed E-state index contributed by atoms with van der Waals surface area (Å²) in [6, 6.07) is 5.95. The van der Waals surface area contributed by atoms with Gasteiger partial charge in [0.25, 0.3) is 0 Å². The molecule has 1 unspecified atom stereocenters. The van der Waals surface area contributed by atoms with Crippen LogP contribution in [-0.4, -0.2) is 45.7 Å². The monoisotopic (exact) mass is 449 g/mol. The van der Waals surface area contributed by atoms with Crippen LogP contribution in [0.3, 0.4) is 0 Å². The second kappa shape index (κ2) is 12.9. The molecule has 172 valence electrons. The van der Waals surface area contributed by atoms with Gasteiger partial charge in [0.05, 0.1) is 12.1 Å². The molecule has 2 atom stereocenters. The Labute approximate surface area is 191 Å². The van der Waals surface area contributed by atoms with Crippen LogP contribution in [0.15, 0.2) is 30.4 Å². The number of unbranched alkanes of at least 4 members (excludes halogenated alkanes) is 3. The maximum absolute atomic E-state index is 12.4. The van der Waals surface area contributed by atoms with Crippen molar-refractivity contribution in [2.45, 2.75) is 89.7 Å². The first-order chi connectivity index (χ1) is 14.8. The van der Waals surface area contributed by atoms with E-state index in [1.165, 1.54) is 0 Å². The molecule has 0 saturated carbocycles. The Morgan fingerprint density at radius 3 is 2.71 bits per heavy atom. The molecule has 1 aromatic rings. The molecule has 5 nitrogen and oxygen atoms in total. The minimum atomic E-state index is -0.757. The second-order valence-corrected chi connectivity index (χ2v) is 9.11. The molecule has 1 aliphatic rings. The first-order valence-corrected chi connectivity index (χ1v) is 11.8. The largest absolute Gasteiger partial charge is 0.481 e. The SMILES string of the molecule is CC(C)c1cccc(CC(O)/C=C/[C@H]2CCCC(=O)N2CCCCCCC(=O)O)c1Cl. The number of halogens is 1. The van der Waals surface area contributed by atoms with Crippen LogP contribution in [0.25, 0.3) is 0 Å². The number of carbonyl (C=O) groups excluding carboxylic acids is 1. The van der Waals surface area contributed by atoms with Gasteiger partial charge in [0, 0.05) is 30.8 Å². The quantitative estimate of drug-likeness (QED) is 0.333. The number of aliphatic hydroxyl groups is 1. The number of carboxylic acid groups (broad SMARTS) is 1. The summed E-state index contributed by atoms with van der Waals surface area (Å²) in [6.07, 6.45) is 9.42. The number of aliphatic hydroxyl groups excluding tert-OH is 1. The van der Waals surface area contributed by atoms with Crippen molar-refractivity contribution in [2.75, 3.05) is 6.54 Å². The average molecular weight is 450 g/mol. The van der Waals surface area contributed by atoms with Gasteiger partial charge in [-0.1, -0.05) is 68.6 Å². The molecular weight excluding hydrogens is 414 g/mol. The highest BCUT2D eigenvalue weighted by Gasteiger charge is 2.25. The van der Waals surface area contributed by atoms with Gasteiger partial charge in [0.1, 0.15) is 0 Å². The predicted molar refractivity (Wildman–Crippen MR) is 124 cm³/mol. The van der Waals surface area contributed by atoms with E-state index in [2.05, 4.69) is 13.8 Å². The van der Waals surface area contributed by atoms with E-state index in [0.717, 1.165) is 48.3 Å². The highest BCUT2D eigenvalue weighted by atomic mass is 35.5. The van der Waals surface area contributed by atoms with Crippen LogP contribution >= 0.6 is 11.6 Å². The Morgan fingerprint density at radius 2 is 2.00 bits per heavy atom. The van der Waals surface area contributed by atoms with Crippen LogP contribution in [0.2, 0.25) is 5.02 Å².